The van der Waals surface area contributed by atoms with Crippen molar-refractivity contribution in [2.45, 2.75) is 31.7 Å². The molecule has 1 saturated heterocycles. The van der Waals surface area contributed by atoms with Gasteiger partial charge in [-0.3, -0.25) is 4.57 Å². The van der Waals surface area contributed by atoms with E-state index in [1.807, 2.05) is 53.1 Å². The first-order chi connectivity index (χ1) is 15.7. The fraction of sp³-hybridized carbons (Fsp3) is 0.417. The van der Waals surface area contributed by atoms with Crippen molar-refractivity contribution in [3.63, 3.8) is 0 Å². The number of para-hydroxylation sites is 2. The van der Waals surface area contributed by atoms with Crippen LogP contribution in [0.15, 0.2) is 58.5 Å². The number of aromatic amines is 1. The molecular weight excluding hydrogens is 426 g/mol. The lowest BCUT2D eigenvalue weighted by Crippen LogP contribution is -2.37. The van der Waals surface area contributed by atoms with Crippen LogP contribution in [0.5, 0.6) is 0 Å². The number of nitrogens with one attached hydrogen (secondary N) is 1. The minimum absolute atomic E-state index is 0.00838. The number of imidazole rings is 1. The van der Waals surface area contributed by atoms with Crippen LogP contribution in [0.4, 0.5) is 0 Å². The van der Waals surface area contributed by atoms with Gasteiger partial charge in [0, 0.05) is 30.7 Å². The Morgan fingerprint density at radius 3 is 2.66 bits per heavy atom. The Kier molecular flexibility index (Phi) is 7.63. The standard InChI is InChI=1S/C24H30ClN5O2/c25-19-9-7-18(8-10-19)21(28-32-17-13-26)5-3-14-29-15-11-20(12-16-29)30-23-6-2-1-4-22(23)27-24(30)31/h1-2,4,6-10,20H,3,5,11-17,26H2,(H,27,31)/b28-21+. The number of halogens is 1. The normalized spacial score (nSPS) is 16.0. The van der Waals surface area contributed by atoms with Crippen molar-refractivity contribution in [1.29, 1.82) is 0 Å². The number of nitrogens with two attached hydrogens (primary N) is 1. The smallest absolute Gasteiger partial charge is 0.326 e. The Bertz CT molecular complexity index is 1100. The van der Waals surface area contributed by atoms with Gasteiger partial charge in [-0.1, -0.05) is 41.0 Å². The Morgan fingerprint density at radius 1 is 1.16 bits per heavy atom. The zero-order chi connectivity index (χ0) is 22.3. The van der Waals surface area contributed by atoms with Crippen molar-refractivity contribution in [2.75, 3.05) is 32.8 Å². The predicted octanol–water partition coefficient (Wildman–Crippen LogP) is 3.78. The van der Waals surface area contributed by atoms with Gasteiger partial charge in [0.2, 0.25) is 0 Å². The van der Waals surface area contributed by atoms with Gasteiger partial charge in [0.1, 0.15) is 6.61 Å². The first-order valence-corrected chi connectivity index (χ1v) is 11.6. The fourth-order valence-corrected chi connectivity index (χ4v) is 4.50. The number of oxime groups is 1. The highest BCUT2D eigenvalue weighted by Crippen LogP contribution is 2.25. The zero-order valence-electron chi connectivity index (χ0n) is 18.2. The number of H-pyrrole nitrogens is 1. The van der Waals surface area contributed by atoms with Gasteiger partial charge in [-0.05, 0) is 62.1 Å². The molecule has 32 heavy (non-hydrogen) atoms. The molecule has 170 valence electrons. The van der Waals surface area contributed by atoms with Gasteiger partial charge < -0.3 is 20.5 Å². The van der Waals surface area contributed by atoms with E-state index >= 15 is 0 Å². The van der Waals surface area contributed by atoms with E-state index < -0.39 is 0 Å². The van der Waals surface area contributed by atoms with Gasteiger partial charge in [-0.15, -0.1) is 0 Å². The summed E-state index contributed by atoms with van der Waals surface area (Å²) in [5.74, 6) is 0. The number of piperidine rings is 1. The van der Waals surface area contributed by atoms with Gasteiger partial charge in [0.05, 0.1) is 16.7 Å². The summed E-state index contributed by atoms with van der Waals surface area (Å²) in [6.45, 7) is 3.78. The van der Waals surface area contributed by atoms with Crippen LogP contribution in [0.3, 0.4) is 0 Å². The van der Waals surface area contributed by atoms with Gasteiger partial charge in [-0.25, -0.2) is 4.79 Å². The molecule has 0 bridgehead atoms. The molecule has 1 aliphatic heterocycles. The molecule has 0 saturated carbocycles. The van der Waals surface area contributed by atoms with Crippen molar-refractivity contribution in [2.24, 2.45) is 10.9 Å². The lowest BCUT2D eigenvalue weighted by atomic mass is 10.0. The molecule has 3 N–H and O–H groups in total. The Morgan fingerprint density at radius 2 is 1.91 bits per heavy atom. The molecular formula is C24H30ClN5O2. The molecule has 1 aromatic heterocycles. The van der Waals surface area contributed by atoms with E-state index in [4.69, 9.17) is 22.2 Å². The lowest BCUT2D eigenvalue weighted by molar-refractivity contribution is 0.151. The third kappa shape index (κ3) is 5.41. The van der Waals surface area contributed by atoms with Crippen molar-refractivity contribution < 1.29 is 4.84 Å². The summed E-state index contributed by atoms with van der Waals surface area (Å²) >= 11 is 6.02. The SMILES string of the molecule is NCCO/N=C(\CCCN1CCC(n2c(=O)[nH]c3ccccc32)CC1)c1ccc(Cl)cc1. The number of likely N-dealkylation sites (tertiary alicyclic amines) is 1. The van der Waals surface area contributed by atoms with Gasteiger partial charge in [-0.2, -0.15) is 0 Å². The van der Waals surface area contributed by atoms with Crippen molar-refractivity contribution in [1.82, 2.24) is 14.5 Å². The summed E-state index contributed by atoms with van der Waals surface area (Å²) in [7, 11) is 0. The zero-order valence-corrected chi connectivity index (χ0v) is 18.9. The maximum Gasteiger partial charge on any atom is 0.326 e. The Balaban J connectivity index is 1.31. The third-order valence-electron chi connectivity index (χ3n) is 6.00. The van der Waals surface area contributed by atoms with Crippen LogP contribution >= 0.6 is 11.6 Å². The van der Waals surface area contributed by atoms with Crippen LogP contribution in [0.1, 0.15) is 37.3 Å². The number of nitrogens with zero attached hydrogens (tertiary/aromatic N) is 3. The maximum atomic E-state index is 12.5. The van der Waals surface area contributed by atoms with Crippen LogP contribution < -0.4 is 11.4 Å². The van der Waals surface area contributed by atoms with Crippen LogP contribution in [0.2, 0.25) is 5.02 Å². The van der Waals surface area contributed by atoms with Crippen LogP contribution in [-0.2, 0) is 4.84 Å². The molecule has 8 heteroatoms. The first-order valence-electron chi connectivity index (χ1n) is 11.2. The molecule has 1 aliphatic rings. The molecule has 0 radical (unpaired) electrons. The summed E-state index contributed by atoms with van der Waals surface area (Å²) in [6, 6.07) is 15.8. The van der Waals surface area contributed by atoms with Crippen LogP contribution in [-0.4, -0.2) is 52.9 Å². The monoisotopic (exact) mass is 455 g/mol. The predicted molar refractivity (Wildman–Crippen MR) is 129 cm³/mol. The molecule has 0 atom stereocenters. The summed E-state index contributed by atoms with van der Waals surface area (Å²) in [4.78, 5) is 23.3. The number of hydrogen-bond donors (Lipinski definition) is 2. The topological polar surface area (TPSA) is 88.6 Å². The second-order valence-electron chi connectivity index (χ2n) is 8.16. The third-order valence-corrected chi connectivity index (χ3v) is 6.25. The molecule has 3 aromatic rings. The molecule has 2 heterocycles. The van der Waals surface area contributed by atoms with E-state index in [-0.39, 0.29) is 11.7 Å². The number of benzene rings is 2. The molecule has 0 unspecified atom stereocenters. The molecule has 0 spiro atoms. The summed E-state index contributed by atoms with van der Waals surface area (Å²) in [5, 5.41) is 5.02. The average molecular weight is 456 g/mol. The molecule has 7 nitrogen and oxygen atoms in total. The molecule has 0 aliphatic carbocycles. The maximum absolute atomic E-state index is 12.5. The van der Waals surface area contributed by atoms with Crippen LogP contribution in [0.25, 0.3) is 11.0 Å². The summed E-state index contributed by atoms with van der Waals surface area (Å²) < 4.78 is 1.94. The van der Waals surface area contributed by atoms with E-state index in [0.717, 1.165) is 67.6 Å². The lowest BCUT2D eigenvalue weighted by Gasteiger charge is -2.32. The average Bonchev–Trinajstić information content (AvgIpc) is 3.15. The second kappa shape index (κ2) is 10.8. The molecule has 1 fully saturated rings. The van der Waals surface area contributed by atoms with E-state index in [1.54, 1.807) is 0 Å². The highest BCUT2D eigenvalue weighted by molar-refractivity contribution is 6.30. The second-order valence-corrected chi connectivity index (χ2v) is 8.60. The van der Waals surface area contributed by atoms with Crippen molar-refractivity contribution in [3.8, 4) is 0 Å². The fourth-order valence-electron chi connectivity index (χ4n) is 4.37. The van der Waals surface area contributed by atoms with Crippen molar-refractivity contribution in [3.05, 3.63) is 69.6 Å². The van der Waals surface area contributed by atoms with Gasteiger partial charge >= 0.3 is 5.69 Å². The highest BCUT2D eigenvalue weighted by Gasteiger charge is 2.23. The minimum atomic E-state index is -0.00838. The summed E-state index contributed by atoms with van der Waals surface area (Å²) in [6.07, 6.45) is 3.73. The van der Waals surface area contributed by atoms with Gasteiger partial charge in [0.25, 0.3) is 0 Å². The number of hydrogen-bond acceptors (Lipinski definition) is 5. The largest absolute Gasteiger partial charge is 0.394 e. The first kappa shape index (κ1) is 22.6. The number of aromatic nitrogens is 2. The highest BCUT2D eigenvalue weighted by atomic mass is 35.5. The quantitative estimate of drug-likeness (QED) is 0.292. The van der Waals surface area contributed by atoms with E-state index in [1.165, 1.54) is 0 Å². The Labute approximate surface area is 192 Å². The molecule has 4 rings (SSSR count). The number of rotatable bonds is 9. The summed E-state index contributed by atoms with van der Waals surface area (Å²) in [5.41, 5.74) is 9.34. The molecule has 2 aromatic carbocycles. The minimum Gasteiger partial charge on any atom is -0.394 e. The number of fused-ring (bicyclic) bond motifs is 1. The van der Waals surface area contributed by atoms with Crippen LogP contribution in [0, 0.1) is 0 Å². The van der Waals surface area contributed by atoms with E-state index in [2.05, 4.69) is 15.0 Å². The van der Waals surface area contributed by atoms with Crippen molar-refractivity contribution >= 4 is 28.3 Å². The Hall–Kier alpha value is -2.61. The van der Waals surface area contributed by atoms with E-state index in [9.17, 15) is 4.79 Å². The van der Waals surface area contributed by atoms with E-state index in [0.29, 0.717) is 18.2 Å². The van der Waals surface area contributed by atoms with Gasteiger partial charge in [0.15, 0.2) is 0 Å². The molecule has 0 amide bonds.